The molecule has 2 N–H and O–H groups in total. The number of halogens is 4. The summed E-state index contributed by atoms with van der Waals surface area (Å²) < 4.78 is 43.0. The summed E-state index contributed by atoms with van der Waals surface area (Å²) in [6.07, 6.45) is -3.71. The Bertz CT molecular complexity index is 564. The highest BCUT2D eigenvalue weighted by molar-refractivity contribution is 9.10. The minimum atomic E-state index is -4.42. The number of rotatable bonds is 2. The number of hydrogen-bond donors (Lipinski definition) is 1. The van der Waals surface area contributed by atoms with E-state index in [1.54, 1.807) is 18.2 Å². The fourth-order valence-corrected chi connectivity index (χ4v) is 1.81. The number of nitrogen functional groups attached to an aromatic ring is 1. The molecule has 0 atom stereocenters. The van der Waals surface area contributed by atoms with Gasteiger partial charge in [-0.15, -0.1) is 0 Å². The molecular weight excluding hydrogens is 325 g/mol. The molecular formula is C12H8BrF3N2O. The number of nitrogens with zero attached hydrogens (tertiary/aromatic N) is 1. The molecule has 0 fully saturated rings. The zero-order valence-corrected chi connectivity index (χ0v) is 11.0. The topological polar surface area (TPSA) is 48.1 Å². The van der Waals surface area contributed by atoms with E-state index in [-0.39, 0.29) is 5.88 Å². The van der Waals surface area contributed by atoms with Crippen LogP contribution in [0.2, 0.25) is 0 Å². The molecule has 0 aliphatic carbocycles. The third-order valence-corrected chi connectivity index (χ3v) is 2.89. The van der Waals surface area contributed by atoms with Crippen LogP contribution in [0.3, 0.4) is 0 Å². The van der Waals surface area contributed by atoms with Crippen LogP contribution in [0.5, 0.6) is 11.6 Å². The number of aromatic nitrogens is 1. The second kappa shape index (κ2) is 5.08. The van der Waals surface area contributed by atoms with Gasteiger partial charge in [-0.05, 0) is 34.1 Å². The maximum Gasteiger partial charge on any atom is 0.417 e. The Hall–Kier alpha value is -1.76. The van der Waals surface area contributed by atoms with Gasteiger partial charge >= 0.3 is 6.18 Å². The largest absolute Gasteiger partial charge is 0.436 e. The first-order chi connectivity index (χ1) is 8.88. The van der Waals surface area contributed by atoms with Crippen molar-refractivity contribution in [1.82, 2.24) is 4.98 Å². The lowest BCUT2D eigenvalue weighted by Gasteiger charge is -2.10. The van der Waals surface area contributed by atoms with Crippen molar-refractivity contribution >= 4 is 21.6 Å². The molecule has 0 spiro atoms. The summed E-state index contributed by atoms with van der Waals surface area (Å²) >= 11 is 3.24. The van der Waals surface area contributed by atoms with Crippen molar-refractivity contribution in [2.75, 3.05) is 5.73 Å². The molecule has 1 aromatic heterocycles. The third kappa shape index (κ3) is 3.17. The second-order valence-electron chi connectivity index (χ2n) is 3.64. The average molecular weight is 333 g/mol. The lowest BCUT2D eigenvalue weighted by atomic mass is 10.3. The Morgan fingerprint density at radius 3 is 2.42 bits per heavy atom. The normalized spacial score (nSPS) is 11.4. The second-order valence-corrected chi connectivity index (χ2v) is 4.50. The van der Waals surface area contributed by atoms with Gasteiger partial charge < -0.3 is 10.5 Å². The number of alkyl halides is 3. The fraction of sp³-hybridized carbons (Fsp3) is 0.0833. The lowest BCUT2D eigenvalue weighted by Crippen LogP contribution is -2.05. The molecule has 0 aliphatic heterocycles. The minimum absolute atomic E-state index is 0.0339. The van der Waals surface area contributed by atoms with Gasteiger partial charge in [0.1, 0.15) is 0 Å². The molecule has 0 radical (unpaired) electrons. The van der Waals surface area contributed by atoms with Crippen LogP contribution in [-0.2, 0) is 6.18 Å². The van der Waals surface area contributed by atoms with Crippen LogP contribution in [0.15, 0.2) is 41.0 Å². The van der Waals surface area contributed by atoms with Crippen molar-refractivity contribution < 1.29 is 17.9 Å². The standard InChI is InChI=1S/C12H8BrF3N2O/c13-8-2-1-3-9(17)11(8)19-10-5-4-7(6-18-10)12(14,15)16/h1-6H,17H2. The zero-order chi connectivity index (χ0) is 14.0. The molecule has 2 rings (SSSR count). The number of anilines is 1. The van der Waals surface area contributed by atoms with Crippen LogP contribution in [0, 0.1) is 0 Å². The van der Waals surface area contributed by atoms with Crippen molar-refractivity contribution in [2.45, 2.75) is 6.18 Å². The smallest absolute Gasteiger partial charge is 0.417 e. The summed E-state index contributed by atoms with van der Waals surface area (Å²) in [5.74, 6) is 0.348. The maximum absolute atomic E-state index is 12.4. The van der Waals surface area contributed by atoms with Crippen molar-refractivity contribution in [3.8, 4) is 11.6 Å². The summed E-state index contributed by atoms with van der Waals surface area (Å²) in [5.41, 5.74) is 5.23. The van der Waals surface area contributed by atoms with Crippen LogP contribution in [-0.4, -0.2) is 4.98 Å². The van der Waals surface area contributed by atoms with Gasteiger partial charge in [-0.2, -0.15) is 13.2 Å². The molecule has 19 heavy (non-hydrogen) atoms. The molecule has 0 bridgehead atoms. The summed E-state index contributed by atoms with van der Waals surface area (Å²) in [6.45, 7) is 0. The Kier molecular flexibility index (Phi) is 3.66. The first kappa shape index (κ1) is 13.7. The highest BCUT2D eigenvalue weighted by Crippen LogP contribution is 2.35. The summed E-state index contributed by atoms with van der Waals surface area (Å²) in [5, 5.41) is 0. The molecule has 1 heterocycles. The predicted molar refractivity (Wildman–Crippen MR) is 67.9 cm³/mol. The van der Waals surface area contributed by atoms with Crippen molar-refractivity contribution in [2.24, 2.45) is 0 Å². The van der Waals surface area contributed by atoms with Gasteiger partial charge in [0.05, 0.1) is 15.7 Å². The van der Waals surface area contributed by atoms with Crippen molar-refractivity contribution in [3.05, 3.63) is 46.6 Å². The van der Waals surface area contributed by atoms with Crippen LogP contribution < -0.4 is 10.5 Å². The highest BCUT2D eigenvalue weighted by atomic mass is 79.9. The Labute approximate surface area is 115 Å². The zero-order valence-electron chi connectivity index (χ0n) is 9.41. The highest BCUT2D eigenvalue weighted by Gasteiger charge is 2.30. The van der Waals surface area contributed by atoms with E-state index in [0.717, 1.165) is 12.1 Å². The maximum atomic E-state index is 12.4. The molecule has 0 unspecified atom stereocenters. The first-order valence-corrected chi connectivity index (χ1v) is 5.92. The van der Waals surface area contributed by atoms with E-state index in [4.69, 9.17) is 10.5 Å². The molecule has 7 heteroatoms. The van der Waals surface area contributed by atoms with Gasteiger partial charge in [0.25, 0.3) is 0 Å². The predicted octanol–water partition coefficient (Wildman–Crippen LogP) is 4.24. The molecule has 100 valence electrons. The molecule has 0 aliphatic rings. The van der Waals surface area contributed by atoms with E-state index < -0.39 is 11.7 Å². The molecule has 1 aromatic carbocycles. The molecule has 2 aromatic rings. The van der Waals surface area contributed by atoms with E-state index in [0.29, 0.717) is 22.1 Å². The van der Waals surface area contributed by atoms with Gasteiger partial charge in [0.2, 0.25) is 5.88 Å². The molecule has 0 amide bonds. The number of ether oxygens (including phenoxy) is 1. The van der Waals surface area contributed by atoms with Crippen LogP contribution in [0.4, 0.5) is 18.9 Å². The number of nitrogens with two attached hydrogens (primary N) is 1. The Morgan fingerprint density at radius 1 is 1.16 bits per heavy atom. The van der Waals surface area contributed by atoms with Gasteiger partial charge in [-0.1, -0.05) is 6.07 Å². The quantitative estimate of drug-likeness (QED) is 0.837. The monoisotopic (exact) mass is 332 g/mol. The number of benzene rings is 1. The van der Waals surface area contributed by atoms with E-state index in [1.807, 2.05) is 0 Å². The first-order valence-electron chi connectivity index (χ1n) is 5.13. The van der Waals surface area contributed by atoms with E-state index >= 15 is 0 Å². The Morgan fingerprint density at radius 2 is 1.89 bits per heavy atom. The van der Waals surface area contributed by atoms with E-state index in [1.165, 1.54) is 0 Å². The average Bonchev–Trinajstić information content (AvgIpc) is 2.33. The van der Waals surface area contributed by atoms with Crippen LogP contribution in [0.1, 0.15) is 5.56 Å². The van der Waals surface area contributed by atoms with E-state index in [9.17, 15) is 13.2 Å². The van der Waals surface area contributed by atoms with Crippen LogP contribution in [0.25, 0.3) is 0 Å². The number of para-hydroxylation sites is 1. The summed E-state index contributed by atoms with van der Waals surface area (Å²) in [4.78, 5) is 3.60. The van der Waals surface area contributed by atoms with E-state index in [2.05, 4.69) is 20.9 Å². The van der Waals surface area contributed by atoms with Gasteiger partial charge in [-0.3, -0.25) is 0 Å². The van der Waals surface area contributed by atoms with Gasteiger partial charge in [-0.25, -0.2) is 4.98 Å². The lowest BCUT2D eigenvalue weighted by molar-refractivity contribution is -0.137. The van der Waals surface area contributed by atoms with Crippen LogP contribution >= 0.6 is 15.9 Å². The number of hydrogen-bond acceptors (Lipinski definition) is 3. The summed E-state index contributed by atoms with van der Waals surface area (Å²) in [6, 6.07) is 7.07. The fourth-order valence-electron chi connectivity index (χ4n) is 1.35. The van der Waals surface area contributed by atoms with Gasteiger partial charge in [0.15, 0.2) is 5.75 Å². The minimum Gasteiger partial charge on any atom is -0.436 e. The molecule has 0 saturated carbocycles. The third-order valence-electron chi connectivity index (χ3n) is 2.27. The molecule has 3 nitrogen and oxygen atoms in total. The van der Waals surface area contributed by atoms with Crippen molar-refractivity contribution in [3.63, 3.8) is 0 Å². The Balaban J connectivity index is 2.25. The van der Waals surface area contributed by atoms with Gasteiger partial charge in [0, 0.05) is 12.3 Å². The summed E-state index contributed by atoms with van der Waals surface area (Å²) in [7, 11) is 0. The SMILES string of the molecule is Nc1cccc(Br)c1Oc1ccc(C(F)(F)F)cn1. The van der Waals surface area contributed by atoms with Crippen molar-refractivity contribution in [1.29, 1.82) is 0 Å². The number of pyridine rings is 1. The molecule has 0 saturated heterocycles.